The Balaban J connectivity index is 4.13. The van der Waals surface area contributed by atoms with Gasteiger partial charge in [-0.1, -0.05) is 78.1 Å². The first-order chi connectivity index (χ1) is 17.2. The third-order valence-corrected chi connectivity index (χ3v) is 17.1. The molecule has 0 amide bonds. The lowest BCUT2D eigenvalue weighted by Gasteiger charge is -2.34. The van der Waals surface area contributed by atoms with Gasteiger partial charge in [0.25, 0.3) is 0 Å². The zero-order chi connectivity index (χ0) is 28.3. The Morgan fingerprint density at radius 2 is 0.838 bits per heavy atom. The molecule has 0 saturated heterocycles. The maximum Gasteiger partial charge on any atom is 0.211 e. The van der Waals surface area contributed by atoms with Crippen molar-refractivity contribution < 1.29 is 21.0 Å². The van der Waals surface area contributed by atoms with Crippen LogP contribution in [0.5, 0.6) is 0 Å². The SMILES string of the molecule is CCCCCCCCS(=O)(=O)NCCC[Si](C)(C)O[Si](C)(C)CCCNS(=O)(=O)CCCCCCCC. The van der Waals surface area contributed by atoms with Crippen molar-refractivity contribution >= 4 is 36.7 Å². The Labute approximate surface area is 233 Å². The molecule has 0 heterocycles. The highest BCUT2D eigenvalue weighted by Crippen LogP contribution is 2.23. The van der Waals surface area contributed by atoms with Gasteiger partial charge >= 0.3 is 0 Å². The highest BCUT2D eigenvalue weighted by Gasteiger charge is 2.32. The van der Waals surface area contributed by atoms with Gasteiger partial charge in [0.15, 0.2) is 16.6 Å². The summed E-state index contributed by atoms with van der Waals surface area (Å²) in [5.74, 6) is 0.443. The first kappa shape index (κ1) is 37.2. The summed E-state index contributed by atoms with van der Waals surface area (Å²) in [6, 6.07) is 1.82. The van der Waals surface area contributed by atoms with Gasteiger partial charge in [-0.2, -0.15) is 0 Å². The number of hydrogen-bond donors (Lipinski definition) is 2. The van der Waals surface area contributed by atoms with Gasteiger partial charge in [0, 0.05) is 13.1 Å². The normalized spacial score (nSPS) is 13.4. The Hall–Kier alpha value is 0.214. The van der Waals surface area contributed by atoms with E-state index in [2.05, 4.69) is 49.5 Å². The van der Waals surface area contributed by atoms with Gasteiger partial charge in [0.2, 0.25) is 20.0 Å². The molecule has 0 atom stereocenters. The van der Waals surface area contributed by atoms with Gasteiger partial charge in [-0.05, 0) is 64.0 Å². The van der Waals surface area contributed by atoms with E-state index in [1.54, 1.807) is 0 Å². The molecule has 0 aliphatic rings. The maximum absolute atomic E-state index is 12.2. The number of unbranched alkanes of at least 4 members (excludes halogenated alkanes) is 10. The number of sulfonamides is 2. The summed E-state index contributed by atoms with van der Waals surface area (Å²) < 4.78 is 61.1. The Morgan fingerprint density at radius 3 is 1.19 bits per heavy atom. The van der Waals surface area contributed by atoms with Crippen molar-refractivity contribution in [3.63, 3.8) is 0 Å². The molecule has 0 saturated carbocycles. The molecule has 0 rings (SSSR count). The van der Waals surface area contributed by atoms with E-state index in [0.717, 1.165) is 63.5 Å². The van der Waals surface area contributed by atoms with Crippen molar-refractivity contribution in [1.82, 2.24) is 9.44 Å². The summed E-state index contributed by atoms with van der Waals surface area (Å²) >= 11 is 0. The van der Waals surface area contributed by atoms with Crippen molar-refractivity contribution in [3.05, 3.63) is 0 Å². The van der Waals surface area contributed by atoms with Crippen LogP contribution in [0.25, 0.3) is 0 Å². The number of nitrogens with one attached hydrogen (secondary N) is 2. The lowest BCUT2D eigenvalue weighted by Crippen LogP contribution is -2.45. The summed E-state index contributed by atoms with van der Waals surface area (Å²) in [6.45, 7) is 14.1. The third-order valence-electron chi connectivity index (χ3n) is 6.64. The summed E-state index contributed by atoms with van der Waals surface area (Å²) in [4.78, 5) is 0. The number of hydrogen-bond acceptors (Lipinski definition) is 5. The second-order valence-corrected chi connectivity index (χ2v) is 24.5. The molecule has 7 nitrogen and oxygen atoms in total. The second kappa shape index (κ2) is 20.1. The molecule has 0 radical (unpaired) electrons. The molecular formula is C26H60N2O5S2Si2. The minimum atomic E-state index is -3.19. The van der Waals surface area contributed by atoms with Crippen LogP contribution in [0.1, 0.15) is 104 Å². The van der Waals surface area contributed by atoms with E-state index in [1.807, 2.05) is 0 Å². The molecule has 0 aromatic carbocycles. The van der Waals surface area contributed by atoms with Crippen LogP contribution in [-0.4, -0.2) is 58.1 Å². The predicted octanol–water partition coefficient (Wildman–Crippen LogP) is 6.75. The topological polar surface area (TPSA) is 102 Å². The molecule has 224 valence electrons. The molecule has 0 unspecified atom stereocenters. The molecule has 0 aromatic rings. The van der Waals surface area contributed by atoms with Gasteiger partial charge in [-0.3, -0.25) is 0 Å². The molecule has 0 fully saturated rings. The quantitative estimate of drug-likeness (QED) is 0.0844. The average molecular weight is 601 g/mol. The van der Waals surface area contributed by atoms with E-state index in [9.17, 15) is 16.8 Å². The first-order valence-electron chi connectivity index (χ1n) is 14.9. The van der Waals surface area contributed by atoms with Crippen molar-refractivity contribution in [2.24, 2.45) is 0 Å². The van der Waals surface area contributed by atoms with E-state index in [1.165, 1.54) is 38.5 Å². The molecular weight excluding hydrogens is 541 g/mol. The average Bonchev–Trinajstić information content (AvgIpc) is 2.78. The van der Waals surface area contributed by atoms with Crippen LogP contribution in [-0.2, 0) is 24.2 Å². The van der Waals surface area contributed by atoms with Crippen molar-refractivity contribution in [1.29, 1.82) is 0 Å². The lowest BCUT2D eigenvalue weighted by molar-refractivity contribution is 0.526. The van der Waals surface area contributed by atoms with Crippen LogP contribution >= 0.6 is 0 Å². The number of rotatable bonds is 26. The Bertz CT molecular complexity index is 712. The van der Waals surface area contributed by atoms with Gasteiger partial charge in [-0.15, -0.1) is 0 Å². The fourth-order valence-electron chi connectivity index (χ4n) is 4.62. The minimum Gasteiger partial charge on any atom is -0.455 e. The highest BCUT2D eigenvalue weighted by molar-refractivity contribution is 7.89. The molecule has 11 heteroatoms. The van der Waals surface area contributed by atoms with E-state index in [4.69, 9.17) is 4.12 Å². The van der Waals surface area contributed by atoms with E-state index < -0.39 is 36.7 Å². The Morgan fingerprint density at radius 1 is 0.514 bits per heavy atom. The van der Waals surface area contributed by atoms with Gasteiger partial charge < -0.3 is 4.12 Å². The summed E-state index contributed by atoms with van der Waals surface area (Å²) in [5.41, 5.74) is 0. The van der Waals surface area contributed by atoms with E-state index >= 15 is 0 Å². The van der Waals surface area contributed by atoms with Gasteiger partial charge in [0.05, 0.1) is 11.5 Å². The standard InChI is InChI=1S/C26H60N2O5S2Si2/c1-7-9-11-13-15-17-23-34(29,30)27-21-19-25-36(3,4)33-37(5,6)26-20-22-28-35(31,32)24-18-16-14-12-10-8-2/h27-28H,7-26H2,1-6H3. The highest BCUT2D eigenvalue weighted by atomic mass is 32.2. The summed E-state index contributed by atoms with van der Waals surface area (Å²) in [7, 11) is -10.2. The van der Waals surface area contributed by atoms with Crippen LogP contribution in [0.3, 0.4) is 0 Å². The fourth-order valence-corrected chi connectivity index (χ4v) is 15.8. The van der Waals surface area contributed by atoms with Crippen LogP contribution in [0, 0.1) is 0 Å². The van der Waals surface area contributed by atoms with Gasteiger partial charge in [0.1, 0.15) is 0 Å². The predicted molar refractivity (Wildman–Crippen MR) is 165 cm³/mol. The zero-order valence-corrected chi connectivity index (χ0v) is 28.6. The Kier molecular flexibility index (Phi) is 20.3. The van der Waals surface area contributed by atoms with Crippen molar-refractivity contribution in [2.75, 3.05) is 24.6 Å². The summed E-state index contributed by atoms with van der Waals surface area (Å²) in [5, 5.41) is 0. The van der Waals surface area contributed by atoms with Crippen molar-refractivity contribution in [2.45, 2.75) is 142 Å². The summed E-state index contributed by atoms with van der Waals surface area (Å²) in [6.07, 6.45) is 14.5. The first-order valence-corrected chi connectivity index (χ1v) is 24.4. The molecule has 0 bridgehead atoms. The van der Waals surface area contributed by atoms with Crippen LogP contribution < -0.4 is 9.44 Å². The molecule has 0 aliphatic carbocycles. The minimum absolute atomic E-state index is 0.221. The third kappa shape index (κ3) is 23.8. The molecule has 0 aromatic heterocycles. The van der Waals surface area contributed by atoms with E-state index in [-0.39, 0.29) is 11.5 Å². The zero-order valence-electron chi connectivity index (χ0n) is 25.0. The van der Waals surface area contributed by atoms with Crippen LogP contribution in [0.15, 0.2) is 0 Å². The second-order valence-electron chi connectivity index (χ2n) is 11.8. The smallest absolute Gasteiger partial charge is 0.211 e. The lowest BCUT2D eigenvalue weighted by atomic mass is 10.1. The molecule has 2 N–H and O–H groups in total. The largest absolute Gasteiger partial charge is 0.455 e. The van der Waals surface area contributed by atoms with Crippen LogP contribution in [0.2, 0.25) is 38.3 Å². The maximum atomic E-state index is 12.2. The molecule has 0 spiro atoms. The van der Waals surface area contributed by atoms with E-state index in [0.29, 0.717) is 13.1 Å². The molecule has 0 aliphatic heterocycles. The molecule has 37 heavy (non-hydrogen) atoms. The fraction of sp³-hybridized carbons (Fsp3) is 1.00. The monoisotopic (exact) mass is 600 g/mol. The van der Waals surface area contributed by atoms with Crippen LogP contribution in [0.4, 0.5) is 0 Å². The van der Waals surface area contributed by atoms with Crippen molar-refractivity contribution in [3.8, 4) is 0 Å². The van der Waals surface area contributed by atoms with Gasteiger partial charge in [-0.25, -0.2) is 26.3 Å².